The summed E-state index contributed by atoms with van der Waals surface area (Å²) < 4.78 is 7.01. The van der Waals surface area contributed by atoms with Crippen LogP contribution in [0.3, 0.4) is 0 Å². The highest BCUT2D eigenvalue weighted by Crippen LogP contribution is 2.34. The first-order valence-corrected chi connectivity index (χ1v) is 6.22. The van der Waals surface area contributed by atoms with Gasteiger partial charge < -0.3 is 4.74 Å². The molecule has 0 heterocycles. The van der Waals surface area contributed by atoms with Crippen LogP contribution in [0.2, 0.25) is 0 Å². The average Bonchev–Trinajstić information content (AvgIpc) is 2.19. The second-order valence-corrected chi connectivity index (χ2v) is 5.22. The van der Waals surface area contributed by atoms with Gasteiger partial charge >= 0.3 is 0 Å². The summed E-state index contributed by atoms with van der Waals surface area (Å²) in [5.74, 6) is 2.68. The van der Waals surface area contributed by atoms with Gasteiger partial charge in [-0.3, -0.25) is 0 Å². The largest absolute Gasteiger partial charge is 0.492 e. The summed E-state index contributed by atoms with van der Waals surface area (Å²) in [6.45, 7) is 3.20. The van der Waals surface area contributed by atoms with Crippen molar-refractivity contribution >= 4 is 22.6 Å². The Bertz CT molecular complexity index is 311. The summed E-state index contributed by atoms with van der Waals surface area (Å²) in [5, 5.41) is 0. The van der Waals surface area contributed by atoms with Crippen molar-refractivity contribution in [2.24, 2.45) is 11.8 Å². The molecule has 2 rings (SSSR count). The highest BCUT2D eigenvalue weighted by atomic mass is 127. The number of hydrogen-bond acceptors (Lipinski definition) is 1. The molecule has 1 aromatic carbocycles. The van der Waals surface area contributed by atoms with E-state index in [1.165, 1.54) is 16.4 Å². The summed E-state index contributed by atoms with van der Waals surface area (Å²) in [6.07, 6.45) is 2.71. The van der Waals surface area contributed by atoms with Gasteiger partial charge in [-0.1, -0.05) is 19.1 Å². The minimum Gasteiger partial charge on any atom is -0.492 e. The maximum absolute atomic E-state index is 5.80. The van der Waals surface area contributed by atoms with Crippen molar-refractivity contribution < 1.29 is 4.74 Å². The van der Waals surface area contributed by atoms with E-state index < -0.39 is 0 Å². The Labute approximate surface area is 99.0 Å². The number of benzene rings is 1. The molecule has 1 saturated carbocycles. The number of para-hydroxylation sites is 1. The van der Waals surface area contributed by atoms with Crippen LogP contribution in [0.1, 0.15) is 19.8 Å². The Kier molecular flexibility index (Phi) is 3.31. The first-order chi connectivity index (χ1) is 6.77. The summed E-state index contributed by atoms with van der Waals surface area (Å²) >= 11 is 2.32. The van der Waals surface area contributed by atoms with Gasteiger partial charge in [-0.2, -0.15) is 0 Å². The van der Waals surface area contributed by atoms with Gasteiger partial charge in [-0.05, 0) is 59.4 Å². The summed E-state index contributed by atoms with van der Waals surface area (Å²) in [6, 6.07) is 8.20. The van der Waals surface area contributed by atoms with E-state index in [-0.39, 0.29) is 0 Å². The van der Waals surface area contributed by atoms with Crippen molar-refractivity contribution in [3.05, 3.63) is 27.8 Å². The molecule has 0 aliphatic heterocycles. The standard InChI is InChI=1S/C12H15IO/c1-9-6-7-10(9)8-14-12-5-3-2-4-11(12)13/h2-5,9-10H,6-8H2,1H3/t9-,10-/m0/s1. The molecule has 14 heavy (non-hydrogen) atoms. The van der Waals surface area contributed by atoms with E-state index in [2.05, 4.69) is 35.6 Å². The summed E-state index contributed by atoms with van der Waals surface area (Å²) in [7, 11) is 0. The Morgan fingerprint density at radius 2 is 2.14 bits per heavy atom. The van der Waals surface area contributed by atoms with E-state index in [0.29, 0.717) is 0 Å². The summed E-state index contributed by atoms with van der Waals surface area (Å²) in [5.41, 5.74) is 0. The monoisotopic (exact) mass is 302 g/mol. The van der Waals surface area contributed by atoms with Crippen molar-refractivity contribution in [1.82, 2.24) is 0 Å². The van der Waals surface area contributed by atoms with Gasteiger partial charge in [0.05, 0.1) is 10.2 Å². The SMILES string of the molecule is C[C@H]1CC[C@H]1COc1ccccc1I. The number of hydrogen-bond donors (Lipinski definition) is 0. The lowest BCUT2D eigenvalue weighted by atomic mass is 9.75. The van der Waals surface area contributed by atoms with Gasteiger partial charge in [-0.25, -0.2) is 0 Å². The molecule has 0 N–H and O–H groups in total. The van der Waals surface area contributed by atoms with Gasteiger partial charge in [0.2, 0.25) is 0 Å². The van der Waals surface area contributed by atoms with Crippen molar-refractivity contribution in [3.8, 4) is 5.75 Å². The van der Waals surface area contributed by atoms with Gasteiger partial charge in [0.1, 0.15) is 5.75 Å². The molecule has 0 bridgehead atoms. The maximum atomic E-state index is 5.80. The highest BCUT2D eigenvalue weighted by molar-refractivity contribution is 14.1. The third-order valence-corrected chi connectivity index (χ3v) is 3.98. The lowest BCUT2D eigenvalue weighted by Crippen LogP contribution is -2.28. The molecular weight excluding hydrogens is 287 g/mol. The molecule has 0 amide bonds. The van der Waals surface area contributed by atoms with Gasteiger partial charge in [0.25, 0.3) is 0 Å². The van der Waals surface area contributed by atoms with Crippen molar-refractivity contribution in [1.29, 1.82) is 0 Å². The smallest absolute Gasteiger partial charge is 0.132 e. The minimum absolute atomic E-state index is 0.783. The molecule has 2 heteroatoms. The van der Waals surface area contributed by atoms with E-state index in [1.807, 2.05) is 18.2 Å². The van der Waals surface area contributed by atoms with Crippen LogP contribution in [0.15, 0.2) is 24.3 Å². The lowest BCUT2D eigenvalue weighted by Gasteiger charge is -2.33. The molecule has 1 fully saturated rings. The van der Waals surface area contributed by atoms with Crippen LogP contribution in [-0.4, -0.2) is 6.61 Å². The zero-order chi connectivity index (χ0) is 9.97. The minimum atomic E-state index is 0.783. The van der Waals surface area contributed by atoms with Crippen molar-refractivity contribution in [2.75, 3.05) is 6.61 Å². The van der Waals surface area contributed by atoms with Crippen LogP contribution >= 0.6 is 22.6 Å². The fourth-order valence-electron chi connectivity index (χ4n) is 1.74. The molecule has 0 radical (unpaired) electrons. The Morgan fingerprint density at radius 1 is 1.36 bits per heavy atom. The Balaban J connectivity index is 1.88. The van der Waals surface area contributed by atoms with E-state index in [0.717, 1.165) is 24.2 Å². The third kappa shape index (κ3) is 2.22. The summed E-state index contributed by atoms with van der Waals surface area (Å²) in [4.78, 5) is 0. The van der Waals surface area contributed by atoms with Gasteiger partial charge in [0, 0.05) is 0 Å². The zero-order valence-corrected chi connectivity index (χ0v) is 10.5. The molecule has 76 valence electrons. The van der Waals surface area contributed by atoms with E-state index in [1.54, 1.807) is 0 Å². The second kappa shape index (κ2) is 4.51. The van der Waals surface area contributed by atoms with Gasteiger partial charge in [-0.15, -0.1) is 0 Å². The van der Waals surface area contributed by atoms with Crippen molar-refractivity contribution in [3.63, 3.8) is 0 Å². The third-order valence-electron chi connectivity index (χ3n) is 3.09. The van der Waals surface area contributed by atoms with Crippen LogP contribution < -0.4 is 4.74 Å². The Hall–Kier alpha value is -0.250. The molecule has 0 spiro atoms. The van der Waals surface area contributed by atoms with Gasteiger partial charge in [0.15, 0.2) is 0 Å². The number of halogens is 1. The number of ether oxygens (including phenoxy) is 1. The van der Waals surface area contributed by atoms with Crippen LogP contribution in [-0.2, 0) is 0 Å². The molecule has 1 aromatic rings. The van der Waals surface area contributed by atoms with Crippen LogP contribution in [0.5, 0.6) is 5.75 Å². The predicted molar refractivity (Wildman–Crippen MR) is 66.5 cm³/mol. The molecule has 1 nitrogen and oxygen atoms in total. The van der Waals surface area contributed by atoms with Crippen LogP contribution in [0, 0.1) is 15.4 Å². The molecule has 0 unspecified atom stereocenters. The quantitative estimate of drug-likeness (QED) is 0.773. The second-order valence-electron chi connectivity index (χ2n) is 4.06. The molecule has 0 aromatic heterocycles. The van der Waals surface area contributed by atoms with E-state index in [9.17, 15) is 0 Å². The molecular formula is C12H15IO. The zero-order valence-electron chi connectivity index (χ0n) is 8.37. The van der Waals surface area contributed by atoms with E-state index >= 15 is 0 Å². The fraction of sp³-hybridized carbons (Fsp3) is 0.500. The molecule has 1 aliphatic rings. The van der Waals surface area contributed by atoms with Crippen LogP contribution in [0.25, 0.3) is 0 Å². The topological polar surface area (TPSA) is 9.23 Å². The Morgan fingerprint density at radius 3 is 2.71 bits per heavy atom. The predicted octanol–water partition coefficient (Wildman–Crippen LogP) is 3.72. The van der Waals surface area contributed by atoms with Crippen molar-refractivity contribution in [2.45, 2.75) is 19.8 Å². The number of rotatable bonds is 3. The molecule has 0 saturated heterocycles. The first-order valence-electron chi connectivity index (χ1n) is 5.14. The maximum Gasteiger partial charge on any atom is 0.132 e. The fourth-order valence-corrected chi connectivity index (χ4v) is 2.29. The molecule has 1 aliphatic carbocycles. The van der Waals surface area contributed by atoms with Crippen LogP contribution in [0.4, 0.5) is 0 Å². The highest BCUT2D eigenvalue weighted by Gasteiger charge is 2.27. The molecule has 2 atom stereocenters. The normalized spacial score (nSPS) is 25.6. The average molecular weight is 302 g/mol. The lowest BCUT2D eigenvalue weighted by molar-refractivity contribution is 0.116. The van der Waals surface area contributed by atoms with E-state index in [4.69, 9.17) is 4.74 Å². The first kappa shape index (κ1) is 10.3.